The molecular weight excluding hydrogens is 353 g/mol. The van der Waals surface area contributed by atoms with E-state index in [1.807, 2.05) is 0 Å². The van der Waals surface area contributed by atoms with Crippen molar-refractivity contribution in [3.63, 3.8) is 0 Å². The first-order valence-corrected chi connectivity index (χ1v) is 17.8. The molecule has 0 aromatic carbocycles. The Balaban J connectivity index is 2.99. The van der Waals surface area contributed by atoms with Gasteiger partial charge in [-0.05, 0) is 39.3 Å². The summed E-state index contributed by atoms with van der Waals surface area (Å²) in [6.07, 6.45) is 0. The number of hydrogen-bond donors (Lipinski definition) is 2. The van der Waals surface area contributed by atoms with Crippen molar-refractivity contribution < 1.29 is 0 Å². The normalized spacial score (nSPS) is 30.2. The first-order valence-electron chi connectivity index (χ1n) is 4.86. The van der Waals surface area contributed by atoms with Gasteiger partial charge in [-0.3, -0.25) is 0 Å². The zero-order valence-electron chi connectivity index (χ0n) is 9.83. The molecule has 0 spiro atoms. The fourth-order valence-electron chi connectivity index (χ4n) is 2.58. The van der Waals surface area contributed by atoms with Crippen LogP contribution in [0.5, 0.6) is 0 Å². The smallest absolute Gasteiger partial charge is 0.218 e. The minimum Gasteiger partial charge on any atom is -0.338 e. The summed E-state index contributed by atoms with van der Waals surface area (Å²) in [4.78, 5) is 0. The molecule has 0 saturated carbocycles. The predicted octanol–water partition coefficient (Wildman–Crippen LogP) is 1.56. The Morgan fingerprint density at radius 1 is 0.929 bits per heavy atom. The van der Waals surface area contributed by atoms with Crippen molar-refractivity contribution in [1.82, 2.24) is 13.2 Å². The van der Waals surface area contributed by atoms with Gasteiger partial charge in [0.15, 0.2) is 25.2 Å². The van der Waals surface area contributed by atoms with Gasteiger partial charge in [0, 0.05) is 0 Å². The lowest BCUT2D eigenvalue weighted by molar-refractivity contribution is 0.854. The summed E-state index contributed by atoms with van der Waals surface area (Å²) >= 11 is 2.53. The molecule has 1 aliphatic rings. The van der Waals surface area contributed by atoms with Gasteiger partial charge < -0.3 is 13.2 Å². The van der Waals surface area contributed by atoms with Crippen LogP contribution in [0, 0.1) is 0 Å². The molecule has 1 rings (SSSR count). The highest BCUT2D eigenvalue weighted by molar-refractivity contribution is 14.1. The fraction of sp³-hybridized carbons (Fsp3) is 1.00. The molecule has 2 N–H and O–H groups in total. The number of halogens is 1. The minimum absolute atomic E-state index is 0.910. The van der Waals surface area contributed by atoms with Gasteiger partial charge in [-0.25, -0.2) is 0 Å². The first-order chi connectivity index (χ1) is 6.11. The molecule has 0 aliphatic carbocycles. The summed E-state index contributed by atoms with van der Waals surface area (Å²) in [5.41, 5.74) is 0. The van der Waals surface area contributed by atoms with Crippen molar-refractivity contribution in [1.29, 1.82) is 0 Å². The first kappa shape index (κ1) is 13.5. The molecule has 1 saturated heterocycles. The number of nitrogens with one attached hydrogen (secondary N) is 2. The van der Waals surface area contributed by atoms with E-state index in [0.29, 0.717) is 0 Å². The highest BCUT2D eigenvalue weighted by Crippen LogP contribution is 2.23. The average molecular weight is 373 g/mol. The second kappa shape index (κ2) is 4.05. The van der Waals surface area contributed by atoms with Crippen LogP contribution in [0.15, 0.2) is 0 Å². The van der Waals surface area contributed by atoms with E-state index in [9.17, 15) is 0 Å². The van der Waals surface area contributed by atoms with E-state index in [1.54, 1.807) is 0 Å². The maximum atomic E-state index is 3.92. The van der Waals surface area contributed by atoms with Gasteiger partial charge in [0.2, 0.25) is 7.18 Å². The van der Waals surface area contributed by atoms with Gasteiger partial charge in [0.25, 0.3) is 0 Å². The van der Waals surface area contributed by atoms with Crippen LogP contribution in [0.2, 0.25) is 39.3 Å². The average Bonchev–Trinajstić information content (AvgIpc) is 1.76. The molecule has 0 atom stereocenters. The van der Waals surface area contributed by atoms with Crippen molar-refractivity contribution >= 4 is 54.2 Å². The Labute approximate surface area is 106 Å². The van der Waals surface area contributed by atoms with E-state index in [4.69, 9.17) is 0 Å². The molecule has 3 nitrogen and oxygen atoms in total. The quantitative estimate of drug-likeness (QED) is 0.415. The summed E-state index contributed by atoms with van der Waals surface area (Å²) in [6, 6.07) is 0. The summed E-state index contributed by atoms with van der Waals surface area (Å²) < 4.78 is 10.6. The molecule has 1 fully saturated rings. The highest BCUT2D eigenvalue weighted by Gasteiger charge is 2.50. The van der Waals surface area contributed by atoms with E-state index in [0.717, 1.165) is 7.18 Å². The van der Waals surface area contributed by atoms with Crippen LogP contribution in [-0.4, -0.2) is 36.3 Å². The Bertz CT molecular complexity index is 213. The Kier molecular flexibility index (Phi) is 3.92. The minimum atomic E-state index is -1.34. The standard InChI is InChI=1S/C6H20IN3Si4/c1-12(2)8-13(3,4)10(11-7)14(5,6)9-12/h8-9H,1-6H3. The van der Waals surface area contributed by atoms with E-state index in [2.05, 4.69) is 74.3 Å². The van der Waals surface area contributed by atoms with Gasteiger partial charge in [-0.1, -0.05) is 0 Å². The molecule has 8 heteroatoms. The van der Waals surface area contributed by atoms with E-state index < -0.39 is 25.2 Å². The van der Waals surface area contributed by atoms with Gasteiger partial charge in [-0.2, -0.15) is 0 Å². The molecule has 0 unspecified atom stereocenters. The van der Waals surface area contributed by atoms with Crippen LogP contribution < -0.4 is 9.30 Å². The molecule has 0 amide bonds. The largest absolute Gasteiger partial charge is 0.338 e. The lowest BCUT2D eigenvalue weighted by Crippen LogP contribution is -2.88. The fourth-order valence-corrected chi connectivity index (χ4v) is 36.7. The molecule has 0 aromatic rings. The molecule has 82 valence electrons. The van der Waals surface area contributed by atoms with Crippen LogP contribution in [0.4, 0.5) is 0 Å². The summed E-state index contributed by atoms with van der Waals surface area (Å²) in [5, 5.41) is 0. The zero-order valence-corrected chi connectivity index (χ0v) is 16.0. The van der Waals surface area contributed by atoms with Crippen LogP contribution in [0.3, 0.4) is 0 Å². The van der Waals surface area contributed by atoms with Crippen molar-refractivity contribution in [3.8, 4) is 0 Å². The van der Waals surface area contributed by atoms with Gasteiger partial charge in [-0.15, -0.1) is 21.8 Å². The zero-order chi connectivity index (χ0) is 11.2. The third kappa shape index (κ3) is 2.78. The predicted molar refractivity (Wildman–Crippen MR) is 80.3 cm³/mol. The second-order valence-electron chi connectivity index (χ2n) is 5.41. The third-order valence-corrected chi connectivity index (χ3v) is 26.3. The summed E-state index contributed by atoms with van der Waals surface area (Å²) in [7, 11) is -3.11. The third-order valence-electron chi connectivity index (χ3n) is 2.44. The van der Waals surface area contributed by atoms with Crippen molar-refractivity contribution in [2.45, 2.75) is 39.3 Å². The van der Waals surface area contributed by atoms with Crippen LogP contribution in [0.25, 0.3) is 0 Å². The molecular formula is C6H20IN3Si4. The molecule has 0 aromatic heterocycles. The van der Waals surface area contributed by atoms with Crippen LogP contribution >= 0.6 is 21.8 Å². The monoisotopic (exact) mass is 373 g/mol. The van der Waals surface area contributed by atoms with E-state index in [-0.39, 0.29) is 0 Å². The number of rotatable bonds is 1. The highest BCUT2D eigenvalue weighted by atomic mass is 127. The SMILES string of the molecule is C[Si]1(C)N[Si](C)(C)N([Si]I)[Si](C)(C)N1. The molecule has 1 aliphatic heterocycles. The van der Waals surface area contributed by atoms with Gasteiger partial charge in [0.1, 0.15) is 0 Å². The molecule has 2 radical (unpaired) electrons. The maximum absolute atomic E-state index is 3.92. The molecule has 14 heavy (non-hydrogen) atoms. The van der Waals surface area contributed by atoms with E-state index >= 15 is 0 Å². The maximum Gasteiger partial charge on any atom is 0.218 e. The van der Waals surface area contributed by atoms with Crippen LogP contribution in [-0.2, 0) is 0 Å². The Hall–Kier alpha value is 1.48. The number of hydrogen-bond acceptors (Lipinski definition) is 3. The lowest BCUT2D eigenvalue weighted by Gasteiger charge is -2.56. The van der Waals surface area contributed by atoms with Gasteiger partial charge in [0.05, 0.1) is 0 Å². The van der Waals surface area contributed by atoms with Crippen molar-refractivity contribution in [3.05, 3.63) is 0 Å². The summed E-state index contributed by atoms with van der Waals surface area (Å²) in [6.45, 7) is 14.6. The Morgan fingerprint density at radius 2 is 1.29 bits per heavy atom. The van der Waals surface area contributed by atoms with Crippen molar-refractivity contribution in [2.24, 2.45) is 0 Å². The van der Waals surface area contributed by atoms with Crippen molar-refractivity contribution in [2.75, 3.05) is 0 Å². The number of nitrogens with zero attached hydrogens (tertiary/aromatic N) is 1. The van der Waals surface area contributed by atoms with Crippen LogP contribution in [0.1, 0.15) is 0 Å². The summed E-state index contributed by atoms with van der Waals surface area (Å²) in [5.74, 6) is 0. The molecule has 0 bridgehead atoms. The van der Waals surface area contributed by atoms with E-state index in [1.165, 1.54) is 0 Å². The second-order valence-corrected chi connectivity index (χ2v) is 21.2. The van der Waals surface area contributed by atoms with Gasteiger partial charge >= 0.3 is 0 Å². The topological polar surface area (TPSA) is 27.3 Å². The lowest BCUT2D eigenvalue weighted by atomic mass is 11.9. The Morgan fingerprint density at radius 3 is 1.57 bits per heavy atom. The molecule has 1 heterocycles.